The molecule has 1 aromatic rings. The monoisotopic (exact) mass is 273 g/mol. The van der Waals surface area contributed by atoms with E-state index in [0.29, 0.717) is 0 Å². The number of hydrogen-bond acceptors (Lipinski definition) is 3. The lowest BCUT2D eigenvalue weighted by Crippen LogP contribution is -2.35. The summed E-state index contributed by atoms with van der Waals surface area (Å²) in [5.74, 6) is 0.982. The molecule has 3 nitrogen and oxygen atoms in total. The summed E-state index contributed by atoms with van der Waals surface area (Å²) >= 11 is 0. The van der Waals surface area contributed by atoms with E-state index in [1.165, 1.54) is 5.56 Å². The second-order valence-corrected chi connectivity index (χ2v) is 6.06. The topological polar surface area (TPSA) is 28.2 Å². The lowest BCUT2D eigenvalue weighted by molar-refractivity contribution is 0.424. The molecule has 0 amide bonds. The van der Waals surface area contributed by atoms with Crippen molar-refractivity contribution in [2.24, 2.45) is 0 Å². The Morgan fingerprint density at radius 3 is 2.30 bits per heavy atom. The first-order valence-electron chi connectivity index (χ1n) is 7.05. The largest absolute Gasteiger partial charge is 0.349 e. The fourth-order valence-electron chi connectivity index (χ4n) is 1.93. The van der Waals surface area contributed by atoms with Gasteiger partial charge in [0.2, 0.25) is 0 Å². The van der Waals surface area contributed by atoms with Crippen LogP contribution in [0.5, 0.6) is 0 Å². The molecule has 3 heteroatoms. The number of aryl methyl sites for hydroxylation is 1. The molecule has 1 heterocycles. The average molecular weight is 273 g/mol. The summed E-state index contributed by atoms with van der Waals surface area (Å²) in [5.41, 5.74) is 2.39. The van der Waals surface area contributed by atoms with Gasteiger partial charge >= 0.3 is 0 Å². The Morgan fingerprint density at radius 2 is 1.80 bits per heavy atom. The van der Waals surface area contributed by atoms with Crippen LogP contribution >= 0.6 is 0 Å². The van der Waals surface area contributed by atoms with Gasteiger partial charge in [0.05, 0.1) is 0 Å². The molecule has 110 valence electrons. The van der Waals surface area contributed by atoms with Gasteiger partial charge in [-0.2, -0.15) is 0 Å². The zero-order valence-corrected chi connectivity index (χ0v) is 13.2. The molecule has 0 bridgehead atoms. The summed E-state index contributed by atoms with van der Waals surface area (Å²) in [6.45, 7) is 18.5. The third-order valence-electron chi connectivity index (χ3n) is 2.85. The average Bonchev–Trinajstić information content (AvgIpc) is 2.35. The van der Waals surface area contributed by atoms with Gasteiger partial charge in [0.25, 0.3) is 0 Å². The third-order valence-corrected chi connectivity index (χ3v) is 2.85. The van der Waals surface area contributed by atoms with Crippen LogP contribution in [-0.4, -0.2) is 23.6 Å². The second-order valence-electron chi connectivity index (χ2n) is 6.06. The Kier molecular flexibility index (Phi) is 5.96. The predicted molar refractivity (Wildman–Crippen MR) is 88.2 cm³/mol. The van der Waals surface area contributed by atoms with E-state index in [2.05, 4.69) is 61.3 Å². The van der Waals surface area contributed by atoms with E-state index in [-0.39, 0.29) is 5.54 Å². The smallest absolute Gasteiger partial charge is 0.129 e. The molecule has 1 N–H and O–H groups in total. The molecule has 0 aliphatic heterocycles. The molecule has 20 heavy (non-hydrogen) atoms. The minimum absolute atomic E-state index is 0.110. The van der Waals surface area contributed by atoms with Crippen LogP contribution in [0.4, 0.5) is 5.82 Å². The summed E-state index contributed by atoms with van der Waals surface area (Å²) in [7, 11) is 0. The van der Waals surface area contributed by atoms with Crippen molar-refractivity contribution in [2.75, 3.05) is 18.0 Å². The van der Waals surface area contributed by atoms with Gasteiger partial charge in [-0.25, -0.2) is 4.98 Å². The highest BCUT2D eigenvalue weighted by Crippen LogP contribution is 2.16. The summed E-state index contributed by atoms with van der Waals surface area (Å²) in [4.78, 5) is 6.78. The van der Waals surface area contributed by atoms with E-state index in [0.717, 1.165) is 31.1 Å². The Balaban J connectivity index is 2.94. The van der Waals surface area contributed by atoms with Gasteiger partial charge in [-0.15, -0.1) is 13.2 Å². The van der Waals surface area contributed by atoms with Crippen molar-refractivity contribution >= 4 is 5.82 Å². The molecule has 0 atom stereocenters. The molecule has 0 saturated carbocycles. The maximum Gasteiger partial charge on any atom is 0.129 e. The van der Waals surface area contributed by atoms with Crippen LogP contribution in [0.15, 0.2) is 37.4 Å². The Hall–Kier alpha value is -1.61. The van der Waals surface area contributed by atoms with Crippen LogP contribution < -0.4 is 10.2 Å². The summed E-state index contributed by atoms with van der Waals surface area (Å²) in [6, 6.07) is 4.26. The van der Waals surface area contributed by atoms with Gasteiger partial charge in [0.15, 0.2) is 0 Å². The molecular formula is C17H27N3. The lowest BCUT2D eigenvalue weighted by Gasteiger charge is -2.23. The summed E-state index contributed by atoms with van der Waals surface area (Å²) in [6.07, 6.45) is 3.78. The number of anilines is 1. The van der Waals surface area contributed by atoms with E-state index >= 15 is 0 Å². The van der Waals surface area contributed by atoms with Crippen LogP contribution in [0.25, 0.3) is 0 Å². The lowest BCUT2D eigenvalue weighted by atomic mass is 10.1. The van der Waals surface area contributed by atoms with Gasteiger partial charge in [-0.3, -0.25) is 0 Å². The van der Waals surface area contributed by atoms with Crippen LogP contribution in [0.2, 0.25) is 0 Å². The molecule has 0 fully saturated rings. The molecule has 1 rings (SSSR count). The fourth-order valence-corrected chi connectivity index (χ4v) is 1.93. The Bertz CT molecular complexity index is 448. The number of rotatable bonds is 7. The summed E-state index contributed by atoms with van der Waals surface area (Å²) < 4.78 is 0. The highest BCUT2D eigenvalue weighted by molar-refractivity contribution is 5.44. The SMILES string of the molecule is C=CCN(CC=C)c1cc(CNC(C)(C)C)cc(C)n1. The number of hydrogen-bond donors (Lipinski definition) is 1. The molecule has 0 aliphatic carbocycles. The highest BCUT2D eigenvalue weighted by atomic mass is 15.2. The molecule has 0 radical (unpaired) electrons. The maximum absolute atomic E-state index is 4.62. The first-order valence-corrected chi connectivity index (χ1v) is 7.05. The number of nitrogens with one attached hydrogen (secondary N) is 1. The van der Waals surface area contributed by atoms with Crippen LogP contribution in [0.3, 0.4) is 0 Å². The van der Waals surface area contributed by atoms with E-state index in [9.17, 15) is 0 Å². The van der Waals surface area contributed by atoms with Crippen LogP contribution in [-0.2, 0) is 6.54 Å². The highest BCUT2D eigenvalue weighted by Gasteiger charge is 2.11. The summed E-state index contributed by atoms with van der Waals surface area (Å²) in [5, 5.41) is 3.51. The standard InChI is InChI=1S/C17H27N3/c1-7-9-20(10-8-2)16-12-15(11-14(3)19-16)13-18-17(4,5)6/h7-8,11-12,18H,1-2,9-10,13H2,3-6H3. The van der Waals surface area contributed by atoms with Crippen molar-refractivity contribution in [1.29, 1.82) is 0 Å². The minimum atomic E-state index is 0.110. The van der Waals surface area contributed by atoms with Gasteiger partial charge in [-0.1, -0.05) is 12.2 Å². The third kappa shape index (κ3) is 5.57. The van der Waals surface area contributed by atoms with E-state index in [4.69, 9.17) is 0 Å². The van der Waals surface area contributed by atoms with Crippen molar-refractivity contribution in [2.45, 2.75) is 39.8 Å². The van der Waals surface area contributed by atoms with E-state index in [1.54, 1.807) is 0 Å². The van der Waals surface area contributed by atoms with E-state index in [1.807, 2.05) is 19.1 Å². The van der Waals surface area contributed by atoms with Crippen molar-refractivity contribution in [1.82, 2.24) is 10.3 Å². The fraction of sp³-hybridized carbons (Fsp3) is 0.471. The van der Waals surface area contributed by atoms with Crippen LogP contribution in [0, 0.1) is 6.92 Å². The van der Waals surface area contributed by atoms with Gasteiger partial charge in [0.1, 0.15) is 5.82 Å². The van der Waals surface area contributed by atoms with Crippen molar-refractivity contribution in [3.8, 4) is 0 Å². The number of nitrogens with zero attached hydrogens (tertiary/aromatic N) is 2. The maximum atomic E-state index is 4.62. The van der Waals surface area contributed by atoms with Gasteiger partial charge in [-0.05, 0) is 45.4 Å². The van der Waals surface area contributed by atoms with Crippen molar-refractivity contribution in [3.05, 3.63) is 48.7 Å². The Labute approximate surface area is 123 Å². The van der Waals surface area contributed by atoms with Gasteiger partial charge < -0.3 is 10.2 Å². The zero-order valence-electron chi connectivity index (χ0n) is 13.2. The normalized spacial score (nSPS) is 11.2. The molecule has 0 aromatic carbocycles. The molecule has 0 saturated heterocycles. The molecule has 1 aromatic heterocycles. The molecule has 0 unspecified atom stereocenters. The molecule has 0 spiro atoms. The van der Waals surface area contributed by atoms with E-state index < -0.39 is 0 Å². The van der Waals surface area contributed by atoms with Crippen molar-refractivity contribution < 1.29 is 0 Å². The zero-order chi connectivity index (χ0) is 15.2. The minimum Gasteiger partial charge on any atom is -0.349 e. The van der Waals surface area contributed by atoms with Gasteiger partial charge in [0, 0.05) is 30.9 Å². The number of aromatic nitrogens is 1. The molecule has 0 aliphatic rings. The second kappa shape index (κ2) is 7.25. The molecular weight excluding hydrogens is 246 g/mol. The Morgan fingerprint density at radius 1 is 1.20 bits per heavy atom. The quantitative estimate of drug-likeness (QED) is 0.771. The van der Waals surface area contributed by atoms with Crippen molar-refractivity contribution in [3.63, 3.8) is 0 Å². The first-order chi connectivity index (χ1) is 9.35. The predicted octanol–water partition coefficient (Wildman–Crippen LogP) is 3.46. The van der Waals surface area contributed by atoms with Crippen LogP contribution in [0.1, 0.15) is 32.0 Å². The first kappa shape index (κ1) is 16.4. The number of pyridine rings is 1.